The van der Waals surface area contributed by atoms with Gasteiger partial charge in [0.1, 0.15) is 4.90 Å². The average Bonchev–Trinajstić information content (AvgIpc) is 2.81. The standard InChI is InChI=1S/C14H26N4O2S/c1-10-5-7-12(8-6-10)18(4)21(19,20)14-11(2)16-17-13(14)9-15-3/h10,12,15H,5-9H2,1-4H3,(H,16,17). The summed E-state index contributed by atoms with van der Waals surface area (Å²) in [5.41, 5.74) is 1.17. The molecule has 1 fully saturated rings. The molecule has 7 heteroatoms. The van der Waals surface area contributed by atoms with Crippen LogP contribution in [0.1, 0.15) is 44.0 Å². The van der Waals surface area contributed by atoms with Crippen molar-refractivity contribution in [2.45, 2.75) is 57.0 Å². The Balaban J connectivity index is 2.27. The van der Waals surface area contributed by atoms with E-state index in [1.807, 2.05) is 0 Å². The second-order valence-corrected chi connectivity index (χ2v) is 8.02. The Morgan fingerprint density at radius 3 is 2.52 bits per heavy atom. The van der Waals surface area contributed by atoms with Gasteiger partial charge in [-0.05, 0) is 45.6 Å². The van der Waals surface area contributed by atoms with Crippen LogP contribution in [0.4, 0.5) is 0 Å². The van der Waals surface area contributed by atoms with E-state index in [-0.39, 0.29) is 6.04 Å². The first-order chi connectivity index (χ1) is 9.87. The van der Waals surface area contributed by atoms with Crippen molar-refractivity contribution in [2.24, 2.45) is 5.92 Å². The summed E-state index contributed by atoms with van der Waals surface area (Å²) in [7, 11) is -0.0123. The van der Waals surface area contributed by atoms with E-state index < -0.39 is 10.0 Å². The summed E-state index contributed by atoms with van der Waals surface area (Å²) >= 11 is 0. The Kier molecular flexibility index (Phi) is 5.06. The highest BCUT2D eigenvalue weighted by molar-refractivity contribution is 7.89. The van der Waals surface area contributed by atoms with Crippen molar-refractivity contribution < 1.29 is 8.42 Å². The minimum atomic E-state index is -3.50. The lowest BCUT2D eigenvalue weighted by Gasteiger charge is -2.32. The molecule has 1 saturated carbocycles. The summed E-state index contributed by atoms with van der Waals surface area (Å²) in [6.07, 6.45) is 4.07. The van der Waals surface area contributed by atoms with Gasteiger partial charge in [0.25, 0.3) is 0 Å². The lowest BCUT2D eigenvalue weighted by molar-refractivity contribution is 0.246. The van der Waals surface area contributed by atoms with Crippen LogP contribution in [0.15, 0.2) is 4.90 Å². The first-order valence-corrected chi connectivity index (χ1v) is 8.98. The molecule has 0 bridgehead atoms. The van der Waals surface area contributed by atoms with Gasteiger partial charge < -0.3 is 5.32 Å². The number of rotatable bonds is 5. The van der Waals surface area contributed by atoms with Crippen molar-refractivity contribution in [3.63, 3.8) is 0 Å². The maximum absolute atomic E-state index is 12.9. The lowest BCUT2D eigenvalue weighted by Crippen LogP contribution is -2.39. The van der Waals surface area contributed by atoms with Crippen LogP contribution >= 0.6 is 0 Å². The molecule has 2 N–H and O–H groups in total. The van der Waals surface area contributed by atoms with Crippen LogP contribution in [0.2, 0.25) is 0 Å². The van der Waals surface area contributed by atoms with Crippen LogP contribution in [0.5, 0.6) is 0 Å². The molecule has 1 aromatic rings. The summed E-state index contributed by atoms with van der Waals surface area (Å²) in [5, 5.41) is 9.88. The third kappa shape index (κ3) is 3.30. The summed E-state index contributed by atoms with van der Waals surface area (Å²) in [6.45, 7) is 4.43. The van der Waals surface area contributed by atoms with Gasteiger partial charge in [-0.15, -0.1) is 0 Å². The van der Waals surface area contributed by atoms with E-state index >= 15 is 0 Å². The molecule has 1 aliphatic carbocycles. The van der Waals surface area contributed by atoms with Crippen molar-refractivity contribution in [2.75, 3.05) is 14.1 Å². The fourth-order valence-corrected chi connectivity index (χ4v) is 4.78. The molecule has 0 aromatic carbocycles. The maximum atomic E-state index is 12.9. The second-order valence-electron chi connectivity index (χ2n) is 6.09. The summed E-state index contributed by atoms with van der Waals surface area (Å²) in [6, 6.07) is 0.0999. The minimum absolute atomic E-state index is 0.0999. The number of nitrogens with one attached hydrogen (secondary N) is 2. The highest BCUT2D eigenvalue weighted by Gasteiger charge is 2.34. The Morgan fingerprint density at radius 1 is 1.33 bits per heavy atom. The molecule has 6 nitrogen and oxygen atoms in total. The van der Waals surface area contributed by atoms with E-state index in [0.29, 0.717) is 28.7 Å². The lowest BCUT2D eigenvalue weighted by atomic mass is 9.87. The number of H-pyrrole nitrogens is 1. The molecule has 0 aliphatic heterocycles. The number of hydrogen-bond acceptors (Lipinski definition) is 4. The highest BCUT2D eigenvalue weighted by Crippen LogP contribution is 2.31. The molecule has 120 valence electrons. The zero-order valence-corrected chi connectivity index (χ0v) is 14.1. The zero-order chi connectivity index (χ0) is 15.6. The Labute approximate surface area is 127 Å². The molecule has 0 spiro atoms. The van der Waals surface area contributed by atoms with Crippen LogP contribution in [0.3, 0.4) is 0 Å². The van der Waals surface area contributed by atoms with Crippen LogP contribution in [-0.4, -0.2) is 43.1 Å². The van der Waals surface area contributed by atoms with Crippen molar-refractivity contribution >= 4 is 10.0 Å². The first kappa shape index (κ1) is 16.5. The van der Waals surface area contributed by atoms with Gasteiger partial charge in [-0.25, -0.2) is 8.42 Å². The number of aromatic amines is 1. The van der Waals surface area contributed by atoms with Gasteiger partial charge in [-0.1, -0.05) is 6.92 Å². The summed E-state index contributed by atoms with van der Waals surface area (Å²) in [4.78, 5) is 0.331. The fraction of sp³-hybridized carbons (Fsp3) is 0.786. The number of aryl methyl sites for hydroxylation is 1. The predicted molar refractivity (Wildman–Crippen MR) is 82.5 cm³/mol. The van der Waals surface area contributed by atoms with Crippen LogP contribution in [0, 0.1) is 12.8 Å². The molecule has 1 aromatic heterocycles. The predicted octanol–water partition coefficient (Wildman–Crippen LogP) is 1.64. The third-order valence-corrected chi connectivity index (χ3v) is 6.56. The first-order valence-electron chi connectivity index (χ1n) is 7.54. The Morgan fingerprint density at radius 2 is 1.95 bits per heavy atom. The average molecular weight is 314 g/mol. The van der Waals surface area contributed by atoms with Gasteiger partial charge in [0.05, 0.1) is 11.4 Å². The van der Waals surface area contributed by atoms with Crippen molar-refractivity contribution in [1.82, 2.24) is 19.8 Å². The van der Waals surface area contributed by atoms with Crippen molar-refractivity contribution in [3.8, 4) is 0 Å². The van der Waals surface area contributed by atoms with Crippen LogP contribution in [0.25, 0.3) is 0 Å². The minimum Gasteiger partial charge on any atom is -0.314 e. The van der Waals surface area contributed by atoms with E-state index in [0.717, 1.165) is 25.7 Å². The number of sulfonamides is 1. The summed E-state index contributed by atoms with van der Waals surface area (Å²) < 4.78 is 27.4. The maximum Gasteiger partial charge on any atom is 0.246 e. The van der Waals surface area contributed by atoms with E-state index in [9.17, 15) is 8.42 Å². The van der Waals surface area contributed by atoms with Crippen molar-refractivity contribution in [3.05, 3.63) is 11.4 Å². The van der Waals surface area contributed by atoms with Gasteiger partial charge in [-0.3, -0.25) is 5.10 Å². The van der Waals surface area contributed by atoms with Gasteiger partial charge in [0.15, 0.2) is 0 Å². The van der Waals surface area contributed by atoms with Crippen LogP contribution < -0.4 is 5.32 Å². The molecule has 2 rings (SSSR count). The quantitative estimate of drug-likeness (QED) is 0.866. The van der Waals surface area contributed by atoms with E-state index in [2.05, 4.69) is 22.4 Å². The number of nitrogens with zero attached hydrogens (tertiary/aromatic N) is 2. The fourth-order valence-electron chi connectivity index (χ4n) is 3.05. The molecular formula is C14H26N4O2S. The highest BCUT2D eigenvalue weighted by atomic mass is 32.2. The van der Waals surface area contributed by atoms with Gasteiger partial charge in [-0.2, -0.15) is 9.40 Å². The zero-order valence-electron chi connectivity index (χ0n) is 13.3. The van der Waals surface area contributed by atoms with Gasteiger partial charge >= 0.3 is 0 Å². The normalized spacial score (nSPS) is 23.7. The largest absolute Gasteiger partial charge is 0.314 e. The molecule has 1 aliphatic rings. The van der Waals surface area contributed by atoms with Gasteiger partial charge in [0, 0.05) is 19.6 Å². The van der Waals surface area contributed by atoms with Crippen molar-refractivity contribution in [1.29, 1.82) is 0 Å². The molecule has 0 amide bonds. The van der Waals surface area contributed by atoms with E-state index in [1.54, 1.807) is 25.3 Å². The third-order valence-electron chi connectivity index (χ3n) is 4.44. The van der Waals surface area contributed by atoms with E-state index in [1.165, 1.54) is 0 Å². The molecule has 0 unspecified atom stereocenters. The molecule has 0 saturated heterocycles. The Hall–Kier alpha value is -0.920. The number of hydrogen-bond donors (Lipinski definition) is 2. The van der Waals surface area contributed by atoms with E-state index in [4.69, 9.17) is 0 Å². The van der Waals surface area contributed by atoms with Gasteiger partial charge in [0.2, 0.25) is 10.0 Å². The second kappa shape index (κ2) is 6.46. The Bertz CT molecular complexity index is 574. The molecular weight excluding hydrogens is 288 g/mol. The molecule has 0 radical (unpaired) electrons. The molecule has 0 atom stereocenters. The molecule has 21 heavy (non-hydrogen) atoms. The van der Waals surface area contributed by atoms with Crippen LogP contribution in [-0.2, 0) is 16.6 Å². The number of aromatic nitrogens is 2. The summed E-state index contributed by atoms with van der Waals surface area (Å²) in [5.74, 6) is 0.702. The topological polar surface area (TPSA) is 78.1 Å². The SMILES string of the molecule is CNCc1n[nH]c(C)c1S(=O)(=O)N(C)C1CCC(C)CC1. The monoisotopic (exact) mass is 314 g/mol. The molecule has 1 heterocycles. The smallest absolute Gasteiger partial charge is 0.246 e.